The lowest BCUT2D eigenvalue weighted by Crippen LogP contribution is -1.93. The van der Waals surface area contributed by atoms with Gasteiger partial charge in [-0.1, -0.05) is 0 Å². The van der Waals surface area contributed by atoms with Crippen LogP contribution in [0.25, 0.3) is 11.3 Å². The molecule has 0 aliphatic carbocycles. The van der Waals surface area contributed by atoms with Gasteiger partial charge in [0.2, 0.25) is 0 Å². The number of nitrogens with zero attached hydrogens (tertiary/aromatic N) is 2. The van der Waals surface area contributed by atoms with Crippen LogP contribution in [0.4, 0.5) is 0 Å². The predicted octanol–water partition coefficient (Wildman–Crippen LogP) is 1.23. The van der Waals surface area contributed by atoms with Crippen LogP contribution in [-0.4, -0.2) is 14.9 Å². The molecular formula is C7H6N2O. The maximum Gasteiger partial charge on any atom is 0.106 e. The Morgan fingerprint density at radius 3 is 3.10 bits per heavy atom. The van der Waals surface area contributed by atoms with E-state index < -0.39 is 0 Å². The number of pyridine rings is 1. The maximum atomic E-state index is 9.14. The summed E-state index contributed by atoms with van der Waals surface area (Å²) in [7, 11) is 0. The summed E-state index contributed by atoms with van der Waals surface area (Å²) in [5.74, 6) is 0. The summed E-state index contributed by atoms with van der Waals surface area (Å²) in [6.07, 6.45) is 4.90. The monoisotopic (exact) mass is 134 g/mol. The van der Waals surface area contributed by atoms with E-state index in [4.69, 9.17) is 5.21 Å². The average Bonchev–Trinajstić information content (AvgIpc) is 2.36. The first-order chi connectivity index (χ1) is 4.88. The molecule has 0 aromatic carbocycles. The summed E-state index contributed by atoms with van der Waals surface area (Å²) in [6, 6.07) is 3.67. The third kappa shape index (κ3) is 0.572. The molecule has 0 saturated heterocycles. The van der Waals surface area contributed by atoms with Crippen molar-refractivity contribution in [1.82, 2.24) is 9.71 Å². The van der Waals surface area contributed by atoms with Gasteiger partial charge in [-0.25, -0.2) is 0 Å². The first-order valence-corrected chi connectivity index (χ1v) is 2.98. The zero-order chi connectivity index (χ0) is 6.97. The lowest BCUT2D eigenvalue weighted by Gasteiger charge is -2.01. The van der Waals surface area contributed by atoms with Crippen LogP contribution in [0.15, 0.2) is 30.7 Å². The molecule has 0 saturated carbocycles. The highest BCUT2D eigenvalue weighted by Gasteiger charge is 2.03. The zero-order valence-electron chi connectivity index (χ0n) is 5.23. The molecule has 1 N–H and O–H groups in total. The van der Waals surface area contributed by atoms with Gasteiger partial charge in [0.25, 0.3) is 0 Å². The number of aromatic nitrogens is 2. The highest BCUT2D eigenvalue weighted by atomic mass is 16.5. The standard InChI is InChI=1S/C7H6N2O/c10-9-3-1-2-6-4-8-5-7(6)9/h1-5,10H. The van der Waals surface area contributed by atoms with Crippen molar-refractivity contribution in [2.24, 2.45) is 0 Å². The molecule has 10 heavy (non-hydrogen) atoms. The molecule has 2 aliphatic rings. The Morgan fingerprint density at radius 2 is 2.30 bits per heavy atom. The predicted molar refractivity (Wildman–Crippen MR) is 36.0 cm³/mol. The fraction of sp³-hybridized carbons (Fsp3) is 0. The maximum absolute atomic E-state index is 9.14. The van der Waals surface area contributed by atoms with Crippen molar-refractivity contribution in [1.29, 1.82) is 0 Å². The van der Waals surface area contributed by atoms with Crippen molar-refractivity contribution < 1.29 is 5.21 Å². The van der Waals surface area contributed by atoms with E-state index in [-0.39, 0.29) is 0 Å². The van der Waals surface area contributed by atoms with E-state index >= 15 is 0 Å². The molecule has 0 unspecified atom stereocenters. The SMILES string of the molecule is On1cccc2cncc1-2. The van der Waals surface area contributed by atoms with Gasteiger partial charge < -0.3 is 5.21 Å². The van der Waals surface area contributed by atoms with Gasteiger partial charge in [-0.15, -0.1) is 0 Å². The van der Waals surface area contributed by atoms with Crippen LogP contribution in [0.5, 0.6) is 0 Å². The molecule has 3 nitrogen and oxygen atoms in total. The summed E-state index contributed by atoms with van der Waals surface area (Å²) < 4.78 is 1.06. The van der Waals surface area contributed by atoms with Crippen LogP contribution in [0, 0.1) is 0 Å². The molecule has 0 bridgehead atoms. The second-order valence-electron chi connectivity index (χ2n) is 2.10. The van der Waals surface area contributed by atoms with Gasteiger partial charge in [-0.3, -0.25) is 4.98 Å². The van der Waals surface area contributed by atoms with Crippen LogP contribution < -0.4 is 0 Å². The zero-order valence-corrected chi connectivity index (χ0v) is 5.23. The molecule has 2 heterocycles. The molecule has 2 rings (SSSR count). The molecule has 0 aromatic heterocycles. The van der Waals surface area contributed by atoms with Crippen LogP contribution in [0.2, 0.25) is 0 Å². The summed E-state index contributed by atoms with van der Waals surface area (Å²) in [5.41, 5.74) is 1.69. The Labute approximate surface area is 57.9 Å². The minimum Gasteiger partial charge on any atom is -0.428 e. The number of fused-ring (bicyclic) bond motifs is 1. The topological polar surface area (TPSA) is 38.0 Å². The average molecular weight is 134 g/mol. The second kappa shape index (κ2) is 1.73. The fourth-order valence-electron chi connectivity index (χ4n) is 0.957. The molecule has 0 fully saturated rings. The van der Waals surface area contributed by atoms with Crippen molar-refractivity contribution in [3.63, 3.8) is 0 Å². The molecule has 0 radical (unpaired) electrons. The third-order valence-electron chi connectivity index (χ3n) is 1.46. The second-order valence-corrected chi connectivity index (χ2v) is 2.10. The van der Waals surface area contributed by atoms with E-state index in [1.54, 1.807) is 24.7 Å². The minimum absolute atomic E-state index is 0.738. The first-order valence-electron chi connectivity index (χ1n) is 2.98. The third-order valence-corrected chi connectivity index (χ3v) is 1.46. The van der Waals surface area contributed by atoms with Gasteiger partial charge in [0.15, 0.2) is 0 Å². The van der Waals surface area contributed by atoms with E-state index in [0.29, 0.717) is 0 Å². The van der Waals surface area contributed by atoms with Crippen LogP contribution >= 0.6 is 0 Å². The first kappa shape index (κ1) is 5.29. The lowest BCUT2D eigenvalue weighted by molar-refractivity contribution is 0.189. The van der Waals surface area contributed by atoms with Gasteiger partial charge in [-0.05, 0) is 12.1 Å². The van der Waals surface area contributed by atoms with E-state index in [1.807, 2.05) is 6.07 Å². The molecule has 2 aliphatic heterocycles. The molecule has 50 valence electrons. The van der Waals surface area contributed by atoms with Crippen LogP contribution in [-0.2, 0) is 0 Å². The summed E-state index contributed by atoms with van der Waals surface area (Å²) in [6.45, 7) is 0. The highest BCUT2D eigenvalue weighted by Crippen LogP contribution is 2.17. The van der Waals surface area contributed by atoms with Gasteiger partial charge >= 0.3 is 0 Å². The molecule has 0 atom stereocenters. The van der Waals surface area contributed by atoms with Crippen molar-refractivity contribution in [3.8, 4) is 11.3 Å². The van der Waals surface area contributed by atoms with E-state index in [1.165, 1.54) is 0 Å². The summed E-state index contributed by atoms with van der Waals surface area (Å²) in [5, 5.41) is 9.14. The fourth-order valence-corrected chi connectivity index (χ4v) is 0.957. The number of hydrogen-bond donors (Lipinski definition) is 1. The van der Waals surface area contributed by atoms with Crippen LogP contribution in [0.3, 0.4) is 0 Å². The Balaban J connectivity index is 2.80. The number of rotatable bonds is 0. The summed E-state index contributed by atoms with van der Waals surface area (Å²) >= 11 is 0. The molecule has 3 heteroatoms. The lowest BCUT2D eigenvalue weighted by atomic mass is 10.2. The van der Waals surface area contributed by atoms with Crippen molar-refractivity contribution in [3.05, 3.63) is 30.7 Å². The molecule has 0 aromatic rings. The van der Waals surface area contributed by atoms with Gasteiger partial charge in [0.05, 0.1) is 6.20 Å². The quantitative estimate of drug-likeness (QED) is 0.550. The van der Waals surface area contributed by atoms with Gasteiger partial charge in [0.1, 0.15) is 5.69 Å². The summed E-state index contributed by atoms with van der Waals surface area (Å²) in [4.78, 5) is 3.88. The Morgan fingerprint density at radius 1 is 1.40 bits per heavy atom. The van der Waals surface area contributed by atoms with Gasteiger partial charge in [-0.2, -0.15) is 4.73 Å². The Hall–Kier alpha value is -1.51. The minimum atomic E-state index is 0.738. The molecule has 0 amide bonds. The van der Waals surface area contributed by atoms with Crippen molar-refractivity contribution >= 4 is 0 Å². The van der Waals surface area contributed by atoms with E-state index in [9.17, 15) is 0 Å². The van der Waals surface area contributed by atoms with E-state index in [2.05, 4.69) is 4.98 Å². The van der Waals surface area contributed by atoms with Crippen LogP contribution in [0.1, 0.15) is 0 Å². The van der Waals surface area contributed by atoms with Gasteiger partial charge in [0, 0.05) is 18.0 Å². The van der Waals surface area contributed by atoms with Crippen molar-refractivity contribution in [2.75, 3.05) is 0 Å². The van der Waals surface area contributed by atoms with E-state index in [0.717, 1.165) is 16.0 Å². The molecular weight excluding hydrogens is 128 g/mol. The molecule has 0 spiro atoms. The Bertz CT molecular complexity index is 315. The number of hydrogen-bond acceptors (Lipinski definition) is 2. The largest absolute Gasteiger partial charge is 0.428 e. The highest BCUT2D eigenvalue weighted by molar-refractivity contribution is 5.58. The Kier molecular flexibility index (Phi) is 0.917. The van der Waals surface area contributed by atoms with Crippen molar-refractivity contribution in [2.45, 2.75) is 0 Å². The smallest absolute Gasteiger partial charge is 0.106 e. The normalized spacial score (nSPS) is 10.4.